The fraction of sp³-hybridized carbons (Fsp3) is 0. The number of fused-ring (bicyclic) bond motifs is 1. The zero-order valence-electron chi connectivity index (χ0n) is 6.34. The molecule has 0 bridgehead atoms. The number of aromatic amines is 1. The first-order valence-electron chi connectivity index (χ1n) is 3.51. The summed E-state index contributed by atoms with van der Waals surface area (Å²) in [4.78, 5) is 11.0. The van der Waals surface area contributed by atoms with Crippen molar-refractivity contribution in [1.82, 2.24) is 10.2 Å². The Morgan fingerprint density at radius 2 is 1.92 bits per heavy atom. The third-order valence-electron chi connectivity index (χ3n) is 1.71. The Morgan fingerprint density at radius 3 is 2.69 bits per heavy atom. The van der Waals surface area contributed by atoms with Gasteiger partial charge in [0.25, 0.3) is 5.56 Å². The molecule has 0 saturated carbocycles. The highest BCUT2D eigenvalue weighted by atomic mass is 19.2. The van der Waals surface area contributed by atoms with Gasteiger partial charge in [-0.05, 0) is 12.1 Å². The lowest BCUT2D eigenvalue weighted by atomic mass is 10.2. The molecule has 0 aliphatic heterocycles. The fourth-order valence-corrected chi connectivity index (χ4v) is 1.09. The molecule has 66 valence electrons. The Balaban J connectivity index is 2.97. The minimum absolute atomic E-state index is 0.0916. The van der Waals surface area contributed by atoms with E-state index in [1.807, 2.05) is 0 Å². The van der Waals surface area contributed by atoms with Crippen LogP contribution in [0.25, 0.3) is 10.8 Å². The first-order valence-corrected chi connectivity index (χ1v) is 3.51. The fourth-order valence-electron chi connectivity index (χ4n) is 1.09. The summed E-state index contributed by atoms with van der Waals surface area (Å²) in [6.07, 6.45) is 1.26. The lowest BCUT2D eigenvalue weighted by Gasteiger charge is -1.96. The average Bonchev–Trinajstić information content (AvgIpc) is 2.09. The van der Waals surface area contributed by atoms with Gasteiger partial charge in [-0.3, -0.25) is 4.79 Å². The number of nitrogens with zero attached hydrogens (tertiary/aromatic N) is 1. The van der Waals surface area contributed by atoms with E-state index >= 15 is 0 Å². The maximum Gasteiger partial charge on any atom is 0.272 e. The second-order valence-corrected chi connectivity index (χ2v) is 2.55. The largest absolute Gasteiger partial charge is 0.272 e. The molecular weight excluding hydrogens is 178 g/mol. The molecule has 2 rings (SSSR count). The Morgan fingerprint density at radius 1 is 1.23 bits per heavy atom. The van der Waals surface area contributed by atoms with E-state index < -0.39 is 17.2 Å². The van der Waals surface area contributed by atoms with E-state index in [0.717, 1.165) is 12.1 Å². The van der Waals surface area contributed by atoms with Crippen molar-refractivity contribution in [3.8, 4) is 0 Å². The van der Waals surface area contributed by atoms with Gasteiger partial charge in [-0.1, -0.05) is 0 Å². The van der Waals surface area contributed by atoms with Crippen molar-refractivity contribution in [3.05, 3.63) is 40.3 Å². The summed E-state index contributed by atoms with van der Waals surface area (Å²) in [5.41, 5.74) is -0.531. The maximum absolute atomic E-state index is 12.7. The van der Waals surface area contributed by atoms with Gasteiger partial charge in [0.05, 0.1) is 11.6 Å². The molecule has 0 fully saturated rings. The van der Waals surface area contributed by atoms with E-state index in [1.54, 1.807) is 0 Å². The van der Waals surface area contributed by atoms with E-state index in [4.69, 9.17) is 0 Å². The zero-order chi connectivity index (χ0) is 9.42. The molecule has 0 aliphatic rings. The van der Waals surface area contributed by atoms with Crippen molar-refractivity contribution in [1.29, 1.82) is 0 Å². The molecule has 0 atom stereocenters. The normalized spacial score (nSPS) is 10.6. The third kappa shape index (κ3) is 1.18. The monoisotopic (exact) mass is 182 g/mol. The predicted octanol–water partition coefficient (Wildman–Crippen LogP) is 1.20. The van der Waals surface area contributed by atoms with Gasteiger partial charge >= 0.3 is 0 Å². The van der Waals surface area contributed by atoms with Crippen LogP contribution in [0.2, 0.25) is 0 Å². The average molecular weight is 182 g/mol. The topological polar surface area (TPSA) is 45.8 Å². The molecule has 0 radical (unpaired) electrons. The van der Waals surface area contributed by atoms with E-state index in [1.165, 1.54) is 6.20 Å². The van der Waals surface area contributed by atoms with Crippen LogP contribution >= 0.6 is 0 Å². The first kappa shape index (κ1) is 7.85. The van der Waals surface area contributed by atoms with Gasteiger partial charge < -0.3 is 0 Å². The molecule has 0 saturated heterocycles. The lowest BCUT2D eigenvalue weighted by Crippen LogP contribution is -2.07. The van der Waals surface area contributed by atoms with E-state index in [2.05, 4.69) is 10.2 Å². The Kier molecular flexibility index (Phi) is 1.58. The molecule has 0 aliphatic carbocycles. The summed E-state index contributed by atoms with van der Waals surface area (Å²) in [5, 5.41) is 5.95. The molecule has 1 heterocycles. The van der Waals surface area contributed by atoms with Gasteiger partial charge in [-0.2, -0.15) is 5.10 Å². The van der Waals surface area contributed by atoms with Crippen LogP contribution < -0.4 is 5.56 Å². The minimum atomic E-state index is -1.04. The SMILES string of the molecule is O=c1[nH]ncc2cc(F)c(F)cc12. The molecule has 2 aromatic rings. The summed E-state index contributed by atoms with van der Waals surface area (Å²) in [5.74, 6) is -2.02. The molecule has 3 nitrogen and oxygen atoms in total. The highest BCUT2D eigenvalue weighted by Crippen LogP contribution is 2.13. The second-order valence-electron chi connectivity index (χ2n) is 2.55. The third-order valence-corrected chi connectivity index (χ3v) is 1.71. The zero-order valence-corrected chi connectivity index (χ0v) is 6.34. The molecular formula is C8H4F2N2O. The van der Waals surface area contributed by atoms with E-state index in [0.29, 0.717) is 0 Å². The first-order chi connectivity index (χ1) is 6.18. The van der Waals surface area contributed by atoms with Crippen molar-refractivity contribution >= 4 is 10.8 Å². The van der Waals surface area contributed by atoms with Gasteiger partial charge in [0, 0.05) is 5.39 Å². The standard InChI is InChI=1S/C8H4F2N2O/c9-6-1-4-3-11-12-8(13)5(4)2-7(6)10/h1-3H,(H,12,13). The smallest absolute Gasteiger partial charge is 0.267 e. The summed E-state index contributed by atoms with van der Waals surface area (Å²) in [6.45, 7) is 0. The van der Waals surface area contributed by atoms with Crippen molar-refractivity contribution in [2.24, 2.45) is 0 Å². The van der Waals surface area contributed by atoms with Crippen molar-refractivity contribution < 1.29 is 8.78 Å². The number of benzene rings is 1. The summed E-state index contributed by atoms with van der Waals surface area (Å²) in [7, 11) is 0. The summed E-state index contributed by atoms with van der Waals surface area (Å²) >= 11 is 0. The number of H-pyrrole nitrogens is 1. The lowest BCUT2D eigenvalue weighted by molar-refractivity contribution is 0.510. The van der Waals surface area contributed by atoms with Crippen LogP contribution in [0.1, 0.15) is 0 Å². The molecule has 13 heavy (non-hydrogen) atoms. The summed E-state index contributed by atoms with van der Waals surface area (Å²) < 4.78 is 25.3. The molecule has 1 N–H and O–H groups in total. The maximum atomic E-state index is 12.7. The molecule has 1 aromatic carbocycles. The van der Waals surface area contributed by atoms with Gasteiger partial charge in [0.2, 0.25) is 0 Å². The van der Waals surface area contributed by atoms with Crippen LogP contribution in [0.5, 0.6) is 0 Å². The Hall–Kier alpha value is -1.78. The summed E-state index contributed by atoms with van der Waals surface area (Å²) in [6, 6.07) is 1.79. The van der Waals surface area contributed by atoms with E-state index in [-0.39, 0.29) is 10.8 Å². The van der Waals surface area contributed by atoms with Gasteiger partial charge in [0.1, 0.15) is 0 Å². The molecule has 0 spiro atoms. The van der Waals surface area contributed by atoms with Crippen LogP contribution in [-0.4, -0.2) is 10.2 Å². The van der Waals surface area contributed by atoms with Crippen molar-refractivity contribution in [3.63, 3.8) is 0 Å². The van der Waals surface area contributed by atoms with Crippen molar-refractivity contribution in [2.45, 2.75) is 0 Å². The number of rotatable bonds is 0. The Bertz CT molecular complexity index is 521. The van der Waals surface area contributed by atoms with Gasteiger partial charge in [-0.25, -0.2) is 13.9 Å². The molecule has 0 unspecified atom stereocenters. The molecule has 5 heteroatoms. The number of hydrogen-bond donors (Lipinski definition) is 1. The predicted molar refractivity (Wildman–Crippen MR) is 42.3 cm³/mol. The van der Waals surface area contributed by atoms with E-state index in [9.17, 15) is 13.6 Å². The number of nitrogens with one attached hydrogen (secondary N) is 1. The van der Waals surface area contributed by atoms with Crippen LogP contribution in [0.4, 0.5) is 8.78 Å². The number of halogens is 2. The molecule has 0 amide bonds. The Labute approximate surface area is 71.0 Å². The quantitative estimate of drug-likeness (QED) is 0.665. The van der Waals surface area contributed by atoms with Crippen LogP contribution in [0.15, 0.2) is 23.1 Å². The highest BCUT2D eigenvalue weighted by Gasteiger charge is 2.05. The minimum Gasteiger partial charge on any atom is -0.267 e. The van der Waals surface area contributed by atoms with Gasteiger partial charge in [-0.15, -0.1) is 0 Å². The van der Waals surface area contributed by atoms with Crippen molar-refractivity contribution in [2.75, 3.05) is 0 Å². The number of aromatic nitrogens is 2. The van der Waals surface area contributed by atoms with Crippen LogP contribution in [0, 0.1) is 11.6 Å². The second kappa shape index (κ2) is 2.62. The number of hydrogen-bond acceptors (Lipinski definition) is 2. The van der Waals surface area contributed by atoms with Crippen LogP contribution in [0.3, 0.4) is 0 Å². The van der Waals surface area contributed by atoms with Gasteiger partial charge in [0.15, 0.2) is 11.6 Å². The van der Waals surface area contributed by atoms with Crippen LogP contribution in [-0.2, 0) is 0 Å². The molecule has 1 aromatic heterocycles. The highest BCUT2D eigenvalue weighted by molar-refractivity contribution is 5.80.